The van der Waals surface area contributed by atoms with Crippen molar-refractivity contribution in [1.29, 1.82) is 0 Å². The highest BCUT2D eigenvalue weighted by molar-refractivity contribution is 6.00. The number of Topliss-reactive ketones (excluding diaryl/α,β-unsaturated/α-hetero) is 1. The Kier molecular flexibility index (Phi) is 3.02. The molecule has 0 amide bonds. The van der Waals surface area contributed by atoms with Gasteiger partial charge in [-0.1, -0.05) is 12.1 Å². The second-order valence-electron chi connectivity index (χ2n) is 3.92. The maximum atomic E-state index is 12.8. The summed E-state index contributed by atoms with van der Waals surface area (Å²) >= 11 is 0. The second kappa shape index (κ2) is 4.49. The van der Waals surface area contributed by atoms with E-state index in [-0.39, 0.29) is 28.4 Å². The smallest absolute Gasteiger partial charge is 0.163 e. The van der Waals surface area contributed by atoms with Gasteiger partial charge in [0, 0.05) is 0 Å². The Morgan fingerprint density at radius 2 is 1.67 bits per heavy atom. The highest BCUT2D eigenvalue weighted by atomic mass is 19.1. The first kappa shape index (κ1) is 12.1. The number of halogens is 1. The monoisotopic (exact) mass is 246 g/mol. The number of carbonyl (C=O) groups excluding carboxylic acids is 1. The molecule has 4 heteroatoms. The fourth-order valence-electron chi connectivity index (χ4n) is 1.77. The molecule has 0 saturated heterocycles. The van der Waals surface area contributed by atoms with Crippen LogP contribution < -0.4 is 0 Å². The van der Waals surface area contributed by atoms with E-state index in [1.165, 1.54) is 43.3 Å². The number of phenols is 2. The summed E-state index contributed by atoms with van der Waals surface area (Å²) < 4.78 is 12.8. The number of rotatable bonds is 2. The molecular weight excluding hydrogens is 235 g/mol. The third kappa shape index (κ3) is 2.05. The molecule has 0 spiro atoms. The standard InChI is InChI=1S/C14H11FO3/c1-8(16)11-6-7-12(17)13(14(11)18)9-2-4-10(15)5-3-9/h2-7,17-18H,1H3. The molecule has 0 unspecified atom stereocenters. The molecule has 0 saturated carbocycles. The van der Waals surface area contributed by atoms with Crippen LogP contribution in [0, 0.1) is 5.82 Å². The minimum Gasteiger partial charge on any atom is -0.507 e. The fourth-order valence-corrected chi connectivity index (χ4v) is 1.77. The summed E-state index contributed by atoms with van der Waals surface area (Å²) in [6, 6.07) is 7.96. The first-order valence-electron chi connectivity index (χ1n) is 5.32. The average molecular weight is 246 g/mol. The van der Waals surface area contributed by atoms with Gasteiger partial charge >= 0.3 is 0 Å². The summed E-state index contributed by atoms with van der Waals surface area (Å²) in [5.74, 6) is -1.19. The number of hydrogen-bond acceptors (Lipinski definition) is 3. The van der Waals surface area contributed by atoms with Crippen molar-refractivity contribution in [2.75, 3.05) is 0 Å². The van der Waals surface area contributed by atoms with Gasteiger partial charge in [0.25, 0.3) is 0 Å². The van der Waals surface area contributed by atoms with Crippen LogP contribution in [0.15, 0.2) is 36.4 Å². The van der Waals surface area contributed by atoms with Crippen LogP contribution in [0.2, 0.25) is 0 Å². The first-order chi connectivity index (χ1) is 8.50. The Balaban J connectivity index is 2.66. The topological polar surface area (TPSA) is 57.5 Å². The molecule has 0 aromatic heterocycles. The van der Waals surface area contributed by atoms with Crippen molar-refractivity contribution in [1.82, 2.24) is 0 Å². The first-order valence-corrected chi connectivity index (χ1v) is 5.32. The Hall–Kier alpha value is -2.36. The van der Waals surface area contributed by atoms with Gasteiger partial charge in [0.05, 0.1) is 11.1 Å². The van der Waals surface area contributed by atoms with Gasteiger partial charge in [-0.2, -0.15) is 0 Å². The Labute approximate surface area is 103 Å². The molecular formula is C14H11FO3. The maximum Gasteiger partial charge on any atom is 0.163 e. The zero-order chi connectivity index (χ0) is 13.3. The minimum atomic E-state index is -0.416. The number of benzene rings is 2. The highest BCUT2D eigenvalue weighted by Gasteiger charge is 2.16. The molecule has 0 aliphatic carbocycles. The molecule has 92 valence electrons. The van der Waals surface area contributed by atoms with E-state index in [0.717, 1.165) is 0 Å². The van der Waals surface area contributed by atoms with Crippen molar-refractivity contribution in [3.05, 3.63) is 47.8 Å². The molecule has 0 aliphatic rings. The van der Waals surface area contributed by atoms with Crippen LogP contribution in [0.4, 0.5) is 4.39 Å². The lowest BCUT2D eigenvalue weighted by molar-refractivity contribution is 0.101. The van der Waals surface area contributed by atoms with E-state index in [1.807, 2.05) is 0 Å². The van der Waals surface area contributed by atoms with E-state index in [4.69, 9.17) is 0 Å². The van der Waals surface area contributed by atoms with Gasteiger partial charge in [0.2, 0.25) is 0 Å². The van der Waals surface area contributed by atoms with E-state index in [9.17, 15) is 19.4 Å². The van der Waals surface area contributed by atoms with Gasteiger partial charge in [-0.05, 0) is 36.8 Å². The van der Waals surface area contributed by atoms with Gasteiger partial charge in [-0.15, -0.1) is 0 Å². The molecule has 3 nitrogen and oxygen atoms in total. The van der Waals surface area contributed by atoms with Crippen LogP contribution in [0.3, 0.4) is 0 Å². The normalized spacial score (nSPS) is 10.3. The predicted octanol–water partition coefficient (Wildman–Crippen LogP) is 3.11. The van der Waals surface area contributed by atoms with Crippen LogP contribution in [-0.4, -0.2) is 16.0 Å². The zero-order valence-electron chi connectivity index (χ0n) is 9.64. The lowest BCUT2D eigenvalue weighted by atomic mass is 9.98. The van der Waals surface area contributed by atoms with Crippen molar-refractivity contribution < 1.29 is 19.4 Å². The third-order valence-electron chi connectivity index (χ3n) is 2.67. The molecule has 2 aromatic carbocycles. The zero-order valence-corrected chi connectivity index (χ0v) is 9.64. The fraction of sp³-hybridized carbons (Fsp3) is 0.0714. The number of phenolic OH excluding ortho intramolecular Hbond substituents is 2. The van der Waals surface area contributed by atoms with E-state index in [0.29, 0.717) is 5.56 Å². The highest BCUT2D eigenvalue weighted by Crippen LogP contribution is 2.39. The van der Waals surface area contributed by atoms with E-state index in [2.05, 4.69) is 0 Å². The van der Waals surface area contributed by atoms with Crippen molar-refractivity contribution in [2.24, 2.45) is 0 Å². The minimum absolute atomic E-state index is 0.118. The summed E-state index contributed by atoms with van der Waals surface area (Å²) in [5, 5.41) is 19.7. The Morgan fingerprint density at radius 3 is 2.22 bits per heavy atom. The summed E-state index contributed by atoms with van der Waals surface area (Å²) in [4.78, 5) is 11.3. The summed E-state index contributed by atoms with van der Waals surface area (Å²) in [6.45, 7) is 1.32. The SMILES string of the molecule is CC(=O)c1ccc(O)c(-c2ccc(F)cc2)c1O. The van der Waals surface area contributed by atoms with Crippen molar-refractivity contribution >= 4 is 5.78 Å². The van der Waals surface area contributed by atoms with Gasteiger partial charge in [0.1, 0.15) is 17.3 Å². The molecule has 0 bridgehead atoms. The van der Waals surface area contributed by atoms with E-state index in [1.54, 1.807) is 0 Å². The molecule has 0 radical (unpaired) electrons. The second-order valence-corrected chi connectivity index (χ2v) is 3.92. The van der Waals surface area contributed by atoms with Crippen molar-refractivity contribution in [2.45, 2.75) is 6.92 Å². The van der Waals surface area contributed by atoms with Gasteiger partial charge in [-0.25, -0.2) is 4.39 Å². The molecule has 0 fully saturated rings. The van der Waals surface area contributed by atoms with Crippen molar-refractivity contribution in [3.8, 4) is 22.6 Å². The van der Waals surface area contributed by atoms with Crippen LogP contribution in [0.25, 0.3) is 11.1 Å². The van der Waals surface area contributed by atoms with Crippen LogP contribution in [0.5, 0.6) is 11.5 Å². The largest absolute Gasteiger partial charge is 0.507 e. The van der Waals surface area contributed by atoms with Crippen LogP contribution in [0.1, 0.15) is 17.3 Å². The summed E-state index contributed by atoms with van der Waals surface area (Å²) in [6.07, 6.45) is 0. The lowest BCUT2D eigenvalue weighted by Gasteiger charge is -2.10. The molecule has 0 heterocycles. The van der Waals surface area contributed by atoms with Gasteiger partial charge in [-0.3, -0.25) is 4.79 Å². The van der Waals surface area contributed by atoms with E-state index >= 15 is 0 Å². The molecule has 0 atom stereocenters. The molecule has 0 aliphatic heterocycles. The average Bonchev–Trinajstić information content (AvgIpc) is 2.31. The quantitative estimate of drug-likeness (QED) is 0.800. The number of ketones is 1. The number of aromatic hydroxyl groups is 2. The van der Waals surface area contributed by atoms with E-state index < -0.39 is 5.82 Å². The lowest BCUT2D eigenvalue weighted by Crippen LogP contribution is -1.94. The molecule has 18 heavy (non-hydrogen) atoms. The predicted molar refractivity (Wildman–Crippen MR) is 65.2 cm³/mol. The summed E-state index contributed by atoms with van der Waals surface area (Å²) in [7, 11) is 0. The summed E-state index contributed by atoms with van der Waals surface area (Å²) in [5.41, 5.74) is 0.685. The number of carbonyl (C=O) groups is 1. The number of hydrogen-bond donors (Lipinski definition) is 2. The van der Waals surface area contributed by atoms with Gasteiger partial charge < -0.3 is 10.2 Å². The molecule has 2 rings (SSSR count). The molecule has 2 aromatic rings. The van der Waals surface area contributed by atoms with Crippen LogP contribution >= 0.6 is 0 Å². The van der Waals surface area contributed by atoms with Crippen molar-refractivity contribution in [3.63, 3.8) is 0 Å². The maximum absolute atomic E-state index is 12.8. The Bertz CT molecular complexity index is 603. The molecule has 2 N–H and O–H groups in total. The third-order valence-corrected chi connectivity index (χ3v) is 2.67. The van der Waals surface area contributed by atoms with Crippen LogP contribution in [-0.2, 0) is 0 Å². The Morgan fingerprint density at radius 1 is 1.06 bits per heavy atom. The van der Waals surface area contributed by atoms with Gasteiger partial charge in [0.15, 0.2) is 5.78 Å².